The van der Waals surface area contributed by atoms with Gasteiger partial charge in [-0.3, -0.25) is 4.79 Å². The summed E-state index contributed by atoms with van der Waals surface area (Å²) in [6, 6.07) is 13.4. The summed E-state index contributed by atoms with van der Waals surface area (Å²) in [4.78, 5) is 23.5. The molecule has 0 spiro atoms. The first-order valence-corrected chi connectivity index (χ1v) is 7.33. The molecule has 6 heteroatoms. The van der Waals surface area contributed by atoms with Gasteiger partial charge in [0.05, 0.1) is 19.8 Å². The first kappa shape index (κ1) is 17.3. The number of esters is 1. The summed E-state index contributed by atoms with van der Waals surface area (Å²) >= 11 is 0. The molecule has 0 radical (unpaired) electrons. The summed E-state index contributed by atoms with van der Waals surface area (Å²) in [6.07, 6.45) is -0.682. The normalized spacial score (nSPS) is 11.3. The highest BCUT2D eigenvalue weighted by atomic mass is 16.5. The zero-order valence-electron chi connectivity index (χ0n) is 13.7. The van der Waals surface area contributed by atoms with Gasteiger partial charge in [-0.05, 0) is 55.5 Å². The van der Waals surface area contributed by atoms with E-state index in [0.29, 0.717) is 22.7 Å². The number of anilines is 1. The molecule has 0 aromatic heterocycles. The smallest absolute Gasteiger partial charge is 0.337 e. The summed E-state index contributed by atoms with van der Waals surface area (Å²) in [7, 11) is 2.90. The number of hydrogen-bond donors (Lipinski definition) is 1. The van der Waals surface area contributed by atoms with Gasteiger partial charge < -0.3 is 19.5 Å². The molecule has 126 valence electrons. The van der Waals surface area contributed by atoms with E-state index in [1.807, 2.05) is 0 Å². The number of benzene rings is 2. The quantitative estimate of drug-likeness (QED) is 0.825. The molecule has 1 atom stereocenters. The van der Waals surface area contributed by atoms with E-state index in [9.17, 15) is 9.59 Å². The van der Waals surface area contributed by atoms with E-state index >= 15 is 0 Å². The number of carbonyl (C=O) groups excluding carboxylic acids is 2. The van der Waals surface area contributed by atoms with Gasteiger partial charge in [0.15, 0.2) is 6.10 Å². The summed E-state index contributed by atoms with van der Waals surface area (Å²) in [5, 5.41) is 2.73. The first-order chi connectivity index (χ1) is 11.5. The Hall–Kier alpha value is -3.02. The lowest BCUT2D eigenvalue weighted by Crippen LogP contribution is -2.30. The highest BCUT2D eigenvalue weighted by molar-refractivity contribution is 5.95. The third kappa shape index (κ3) is 4.49. The molecule has 0 bridgehead atoms. The fraction of sp³-hybridized carbons (Fsp3) is 0.222. The van der Waals surface area contributed by atoms with Crippen LogP contribution in [0.25, 0.3) is 0 Å². The molecule has 0 saturated heterocycles. The zero-order valence-corrected chi connectivity index (χ0v) is 13.7. The second-order valence-electron chi connectivity index (χ2n) is 4.99. The number of nitrogens with one attached hydrogen (secondary N) is 1. The predicted molar refractivity (Wildman–Crippen MR) is 89.5 cm³/mol. The average molecular weight is 329 g/mol. The number of methoxy groups -OCH3 is 2. The summed E-state index contributed by atoms with van der Waals surface area (Å²) in [5.41, 5.74) is 0.982. The van der Waals surface area contributed by atoms with Crippen molar-refractivity contribution in [3.63, 3.8) is 0 Å². The molecule has 24 heavy (non-hydrogen) atoms. The molecule has 6 nitrogen and oxygen atoms in total. The minimum absolute atomic E-state index is 0.295. The topological polar surface area (TPSA) is 73.9 Å². The maximum atomic E-state index is 12.2. The van der Waals surface area contributed by atoms with E-state index in [1.54, 1.807) is 62.6 Å². The molecule has 0 fully saturated rings. The minimum atomic E-state index is -0.682. The minimum Gasteiger partial charge on any atom is -0.497 e. The Morgan fingerprint density at radius 1 is 0.917 bits per heavy atom. The number of amides is 1. The molecule has 1 unspecified atom stereocenters. The third-order valence-corrected chi connectivity index (χ3v) is 3.32. The lowest BCUT2D eigenvalue weighted by molar-refractivity contribution is -0.122. The van der Waals surface area contributed by atoms with Gasteiger partial charge in [-0.2, -0.15) is 0 Å². The van der Waals surface area contributed by atoms with E-state index in [4.69, 9.17) is 9.47 Å². The van der Waals surface area contributed by atoms with Crippen LogP contribution in [0.1, 0.15) is 17.3 Å². The molecule has 0 saturated carbocycles. The van der Waals surface area contributed by atoms with Gasteiger partial charge in [0.1, 0.15) is 11.5 Å². The maximum absolute atomic E-state index is 12.2. The summed E-state index contributed by atoms with van der Waals surface area (Å²) < 4.78 is 15.3. The Bertz CT molecular complexity index is 694. The molecule has 2 aromatic rings. The van der Waals surface area contributed by atoms with Crippen LogP contribution in [0, 0.1) is 0 Å². The van der Waals surface area contributed by atoms with Gasteiger partial charge in [0.25, 0.3) is 5.91 Å². The van der Waals surface area contributed by atoms with Crippen LogP contribution in [-0.4, -0.2) is 32.2 Å². The second-order valence-corrected chi connectivity index (χ2v) is 4.99. The van der Waals surface area contributed by atoms with Crippen molar-refractivity contribution in [3.8, 4) is 11.5 Å². The van der Waals surface area contributed by atoms with E-state index in [1.165, 1.54) is 7.11 Å². The van der Waals surface area contributed by atoms with Crippen LogP contribution < -0.4 is 14.8 Å². The molecule has 0 aliphatic carbocycles. The lowest BCUT2D eigenvalue weighted by atomic mass is 10.2. The van der Waals surface area contributed by atoms with Crippen LogP contribution in [-0.2, 0) is 9.53 Å². The molecular formula is C18H19NO5. The van der Waals surface area contributed by atoms with E-state index in [2.05, 4.69) is 10.1 Å². The van der Waals surface area contributed by atoms with Crippen molar-refractivity contribution in [2.45, 2.75) is 13.0 Å². The predicted octanol–water partition coefficient (Wildman–Crippen LogP) is 2.89. The Labute approximate surface area is 140 Å². The standard InChI is InChI=1S/C18H19NO5/c1-12(24-16-10-8-15(22-2)9-11-16)17(20)19-14-6-4-13(5-7-14)18(21)23-3/h4-12H,1-3H3,(H,19,20). The van der Waals surface area contributed by atoms with Gasteiger partial charge in [0.2, 0.25) is 0 Å². The van der Waals surface area contributed by atoms with E-state index in [0.717, 1.165) is 0 Å². The van der Waals surface area contributed by atoms with Gasteiger partial charge in [-0.25, -0.2) is 4.79 Å². The van der Waals surface area contributed by atoms with Crippen molar-refractivity contribution in [2.24, 2.45) is 0 Å². The number of rotatable bonds is 6. The average Bonchev–Trinajstić information content (AvgIpc) is 2.62. The van der Waals surface area contributed by atoms with Crippen LogP contribution >= 0.6 is 0 Å². The number of carbonyl (C=O) groups is 2. The molecule has 0 aliphatic rings. The van der Waals surface area contributed by atoms with Crippen molar-refractivity contribution in [1.82, 2.24) is 0 Å². The fourth-order valence-corrected chi connectivity index (χ4v) is 1.96. The molecule has 1 N–H and O–H groups in total. The molecule has 1 amide bonds. The SMILES string of the molecule is COC(=O)c1ccc(NC(=O)C(C)Oc2ccc(OC)cc2)cc1. The highest BCUT2D eigenvalue weighted by Crippen LogP contribution is 2.18. The van der Waals surface area contributed by atoms with Crippen LogP contribution in [0.4, 0.5) is 5.69 Å². The van der Waals surface area contributed by atoms with E-state index < -0.39 is 12.1 Å². The Balaban J connectivity index is 1.94. The third-order valence-electron chi connectivity index (χ3n) is 3.32. The van der Waals surface area contributed by atoms with Gasteiger partial charge in [-0.15, -0.1) is 0 Å². The lowest BCUT2D eigenvalue weighted by Gasteiger charge is -2.15. The monoisotopic (exact) mass is 329 g/mol. The van der Waals surface area contributed by atoms with Crippen molar-refractivity contribution >= 4 is 17.6 Å². The molecule has 2 aromatic carbocycles. The van der Waals surface area contributed by atoms with Crippen molar-refractivity contribution in [3.05, 3.63) is 54.1 Å². The van der Waals surface area contributed by atoms with Crippen LogP contribution in [0.3, 0.4) is 0 Å². The summed E-state index contributed by atoms with van der Waals surface area (Å²) in [5.74, 6) is 0.561. The maximum Gasteiger partial charge on any atom is 0.337 e. The van der Waals surface area contributed by atoms with Crippen LogP contribution in [0.2, 0.25) is 0 Å². The second kappa shape index (κ2) is 8.01. The number of hydrogen-bond acceptors (Lipinski definition) is 5. The largest absolute Gasteiger partial charge is 0.497 e. The zero-order chi connectivity index (χ0) is 17.5. The van der Waals surface area contributed by atoms with Crippen LogP contribution in [0.15, 0.2) is 48.5 Å². The van der Waals surface area contributed by atoms with Gasteiger partial charge in [0, 0.05) is 5.69 Å². The highest BCUT2D eigenvalue weighted by Gasteiger charge is 2.15. The van der Waals surface area contributed by atoms with Crippen molar-refractivity contribution in [2.75, 3.05) is 19.5 Å². The first-order valence-electron chi connectivity index (χ1n) is 7.33. The van der Waals surface area contributed by atoms with Crippen molar-refractivity contribution < 1.29 is 23.8 Å². The number of ether oxygens (including phenoxy) is 3. The molecule has 0 heterocycles. The van der Waals surface area contributed by atoms with Crippen LogP contribution in [0.5, 0.6) is 11.5 Å². The molecule has 0 aliphatic heterocycles. The molecular weight excluding hydrogens is 310 g/mol. The Morgan fingerprint density at radius 3 is 2.04 bits per heavy atom. The Kier molecular flexibility index (Phi) is 5.78. The molecule has 2 rings (SSSR count). The van der Waals surface area contributed by atoms with E-state index in [-0.39, 0.29) is 5.91 Å². The van der Waals surface area contributed by atoms with Gasteiger partial charge >= 0.3 is 5.97 Å². The Morgan fingerprint density at radius 2 is 1.50 bits per heavy atom. The summed E-state index contributed by atoms with van der Waals surface area (Å²) in [6.45, 7) is 1.66. The van der Waals surface area contributed by atoms with Gasteiger partial charge in [-0.1, -0.05) is 0 Å². The van der Waals surface area contributed by atoms with Crippen molar-refractivity contribution in [1.29, 1.82) is 0 Å². The fourth-order valence-electron chi connectivity index (χ4n) is 1.96.